The van der Waals surface area contributed by atoms with Gasteiger partial charge in [0, 0.05) is 30.2 Å². The summed E-state index contributed by atoms with van der Waals surface area (Å²) in [6, 6.07) is 14.2. The predicted octanol–water partition coefficient (Wildman–Crippen LogP) is 7.30. The molecule has 0 saturated carbocycles. The summed E-state index contributed by atoms with van der Waals surface area (Å²) in [6.45, 7) is 1.57. The van der Waals surface area contributed by atoms with Gasteiger partial charge in [0.25, 0.3) is 0 Å². The van der Waals surface area contributed by atoms with Gasteiger partial charge in [-0.3, -0.25) is 4.98 Å². The molecule has 0 amide bonds. The quantitative estimate of drug-likeness (QED) is 0.318. The maximum Gasteiger partial charge on any atom is 0.153 e. The molecule has 2 nitrogen and oxygen atoms in total. The van der Waals surface area contributed by atoms with Gasteiger partial charge >= 0.3 is 0 Å². The zero-order chi connectivity index (χ0) is 20.5. The number of para-hydroxylation sites is 1. The van der Waals surface area contributed by atoms with Crippen molar-refractivity contribution in [2.75, 3.05) is 0 Å². The van der Waals surface area contributed by atoms with Gasteiger partial charge in [-0.25, -0.2) is 0 Å². The van der Waals surface area contributed by atoms with Crippen molar-refractivity contribution in [2.24, 2.45) is 0 Å². The molecule has 0 unspecified atom stereocenters. The Morgan fingerprint density at radius 1 is 1.04 bits per heavy atom. The number of pyridine rings is 1. The lowest BCUT2D eigenvalue weighted by Gasteiger charge is -2.09. The summed E-state index contributed by atoms with van der Waals surface area (Å²) in [4.78, 5) is 6.05. The Morgan fingerprint density at radius 3 is 2.82 bits per heavy atom. The first-order valence-corrected chi connectivity index (χ1v) is 10.7. The fraction of sp³-hybridized carbons (Fsp3) is 0.240. The summed E-state index contributed by atoms with van der Waals surface area (Å²) in [7, 11) is 0. The van der Waals surface area contributed by atoms with Crippen LogP contribution < -0.4 is 0 Å². The van der Waals surface area contributed by atoms with E-state index >= 15 is 0 Å². The lowest BCUT2D eigenvalue weighted by atomic mass is 9.96. The van der Waals surface area contributed by atoms with Crippen molar-refractivity contribution in [1.82, 2.24) is 4.98 Å². The first kappa shape index (κ1) is 14.4. The molecule has 28 heavy (non-hydrogen) atoms. The molecule has 0 aliphatic heterocycles. The van der Waals surface area contributed by atoms with E-state index in [0.717, 1.165) is 33.2 Å². The standard InChI is InChI=1S/C25H21NOS/c1-2-15-12-13-26-21(14-15)20-8-5-7-17-18-10-11-19-16-6-3-4-9-22(16)28-25(19)24(18)27-23(17)20/h5,7-8,10-14H,2-4,6,9H2,1H3/i2D2. The van der Waals surface area contributed by atoms with Gasteiger partial charge in [-0.1, -0.05) is 25.1 Å². The summed E-state index contributed by atoms with van der Waals surface area (Å²) < 4.78 is 23.9. The number of furan rings is 1. The molecule has 0 fully saturated rings. The van der Waals surface area contributed by atoms with Crippen LogP contribution in [0.4, 0.5) is 0 Å². The Labute approximate surface area is 170 Å². The normalized spacial score (nSPS) is 15.8. The number of thiophene rings is 1. The maximum atomic E-state index is 8.05. The summed E-state index contributed by atoms with van der Waals surface area (Å²) in [5, 5.41) is 3.57. The molecule has 3 aromatic heterocycles. The molecule has 1 aliphatic rings. The van der Waals surface area contributed by atoms with Crippen LogP contribution in [0.3, 0.4) is 0 Å². The molecule has 0 spiro atoms. The van der Waals surface area contributed by atoms with Crippen LogP contribution in [0.5, 0.6) is 0 Å². The molecule has 2 aromatic carbocycles. The zero-order valence-corrected chi connectivity index (χ0v) is 16.5. The van der Waals surface area contributed by atoms with Crippen LogP contribution in [0, 0.1) is 0 Å². The lowest BCUT2D eigenvalue weighted by molar-refractivity contribution is 0.674. The fourth-order valence-corrected chi connectivity index (χ4v) is 5.88. The molecule has 0 saturated heterocycles. The number of aryl methyl sites for hydroxylation is 3. The molecule has 3 heteroatoms. The highest BCUT2D eigenvalue weighted by Crippen LogP contribution is 2.44. The van der Waals surface area contributed by atoms with Gasteiger partial charge in [0.15, 0.2) is 5.58 Å². The summed E-state index contributed by atoms with van der Waals surface area (Å²) >= 11 is 1.89. The van der Waals surface area contributed by atoms with E-state index in [2.05, 4.69) is 23.2 Å². The topological polar surface area (TPSA) is 26.0 Å². The van der Waals surface area contributed by atoms with Crippen molar-refractivity contribution in [3.05, 3.63) is 64.7 Å². The van der Waals surface area contributed by atoms with E-state index in [1.807, 2.05) is 29.5 Å². The third-order valence-corrected chi connectivity index (χ3v) is 7.22. The molecular formula is C25H21NOS. The molecule has 5 aromatic rings. The second kappa shape index (κ2) is 6.18. The largest absolute Gasteiger partial charge is 0.454 e. The average Bonchev–Trinajstić information content (AvgIpc) is 3.31. The first-order chi connectivity index (χ1) is 14.5. The number of fused-ring (bicyclic) bond motifs is 7. The number of aromatic nitrogens is 1. The highest BCUT2D eigenvalue weighted by atomic mass is 32.1. The SMILES string of the molecule is [2H]C([2H])(C)c1ccnc(-c2cccc3c2oc2c3ccc3c4c(sc32)CCCC4)c1. The molecule has 138 valence electrons. The molecule has 1 aliphatic carbocycles. The molecular weight excluding hydrogens is 362 g/mol. The smallest absolute Gasteiger partial charge is 0.153 e. The summed E-state index contributed by atoms with van der Waals surface area (Å²) in [5.41, 5.74) is 5.58. The first-order valence-electron chi connectivity index (χ1n) is 10.9. The van der Waals surface area contributed by atoms with E-state index in [9.17, 15) is 0 Å². The van der Waals surface area contributed by atoms with Crippen LogP contribution in [-0.2, 0) is 19.2 Å². The Kier molecular flexibility index (Phi) is 3.17. The number of hydrogen-bond acceptors (Lipinski definition) is 3. The van der Waals surface area contributed by atoms with Gasteiger partial charge in [-0.2, -0.15) is 0 Å². The Morgan fingerprint density at radius 2 is 1.89 bits per heavy atom. The van der Waals surface area contributed by atoms with Crippen LogP contribution in [-0.4, -0.2) is 4.98 Å². The maximum absolute atomic E-state index is 8.05. The van der Waals surface area contributed by atoms with Crippen molar-refractivity contribution in [2.45, 2.75) is 39.0 Å². The van der Waals surface area contributed by atoms with Gasteiger partial charge in [0.1, 0.15) is 5.58 Å². The monoisotopic (exact) mass is 385 g/mol. The molecule has 0 atom stereocenters. The van der Waals surface area contributed by atoms with Gasteiger partial charge in [-0.05, 0) is 72.8 Å². The van der Waals surface area contributed by atoms with Crippen molar-refractivity contribution < 1.29 is 7.16 Å². The van der Waals surface area contributed by atoms with Crippen molar-refractivity contribution in [1.29, 1.82) is 0 Å². The van der Waals surface area contributed by atoms with E-state index in [4.69, 9.17) is 7.16 Å². The van der Waals surface area contributed by atoms with Crippen LogP contribution >= 0.6 is 11.3 Å². The second-order valence-corrected chi connectivity index (χ2v) is 8.60. The zero-order valence-electron chi connectivity index (χ0n) is 17.7. The summed E-state index contributed by atoms with van der Waals surface area (Å²) in [5.74, 6) is 0. The van der Waals surface area contributed by atoms with Crippen molar-refractivity contribution in [3.8, 4) is 11.3 Å². The van der Waals surface area contributed by atoms with Crippen LogP contribution in [0.1, 0.15) is 38.5 Å². The second-order valence-electron chi connectivity index (χ2n) is 7.49. The molecule has 6 rings (SSSR count). The van der Waals surface area contributed by atoms with Crippen molar-refractivity contribution >= 4 is 43.4 Å². The number of nitrogens with zero attached hydrogens (tertiary/aromatic N) is 1. The third-order valence-electron chi connectivity index (χ3n) is 5.91. The minimum absolute atomic E-state index is 0.619. The van der Waals surface area contributed by atoms with Gasteiger partial charge < -0.3 is 4.42 Å². The lowest BCUT2D eigenvalue weighted by Crippen LogP contribution is -1.97. The minimum atomic E-state index is -1.42. The number of benzene rings is 2. The molecule has 0 bridgehead atoms. The highest BCUT2D eigenvalue weighted by Gasteiger charge is 2.21. The van der Waals surface area contributed by atoms with Crippen LogP contribution in [0.25, 0.3) is 43.3 Å². The highest BCUT2D eigenvalue weighted by molar-refractivity contribution is 7.20. The van der Waals surface area contributed by atoms with Crippen molar-refractivity contribution in [3.63, 3.8) is 0 Å². The number of hydrogen-bond donors (Lipinski definition) is 0. The minimum Gasteiger partial charge on any atom is -0.454 e. The van der Waals surface area contributed by atoms with E-state index in [0.29, 0.717) is 5.56 Å². The Bertz CT molecular complexity index is 1440. The van der Waals surface area contributed by atoms with E-state index in [-0.39, 0.29) is 0 Å². The number of rotatable bonds is 2. The predicted molar refractivity (Wildman–Crippen MR) is 118 cm³/mol. The molecule has 3 heterocycles. The van der Waals surface area contributed by atoms with E-state index < -0.39 is 6.37 Å². The van der Waals surface area contributed by atoms with Gasteiger partial charge in [0.2, 0.25) is 0 Å². The Hall–Kier alpha value is -2.65. The fourth-order valence-electron chi connectivity index (χ4n) is 4.51. The van der Waals surface area contributed by atoms with Gasteiger partial charge in [-0.15, -0.1) is 11.3 Å². The van der Waals surface area contributed by atoms with E-state index in [1.165, 1.54) is 46.2 Å². The average molecular weight is 386 g/mol. The Balaban J connectivity index is 1.63. The third kappa shape index (κ3) is 2.29. The molecule has 0 N–H and O–H groups in total. The van der Waals surface area contributed by atoms with Gasteiger partial charge in [0.05, 0.1) is 10.4 Å². The summed E-state index contributed by atoms with van der Waals surface area (Å²) in [6.07, 6.45) is 5.16. The van der Waals surface area contributed by atoms with Crippen LogP contribution in [0.2, 0.25) is 0 Å². The van der Waals surface area contributed by atoms with E-state index in [1.54, 1.807) is 19.2 Å². The molecule has 0 radical (unpaired) electrons. The van der Waals surface area contributed by atoms with Crippen LogP contribution in [0.15, 0.2) is 53.1 Å².